The number of benzene rings is 1. The second-order valence-electron chi connectivity index (χ2n) is 5.14. The van der Waals surface area contributed by atoms with Crippen LogP contribution in [0.15, 0.2) is 0 Å². The van der Waals surface area contributed by atoms with Gasteiger partial charge >= 0.3 is 5.97 Å². The minimum atomic E-state index is -0.122. The van der Waals surface area contributed by atoms with Gasteiger partial charge in [0.15, 0.2) is 0 Å². The van der Waals surface area contributed by atoms with Gasteiger partial charge in [0, 0.05) is 0 Å². The molecule has 2 rings (SSSR count). The first-order valence-corrected chi connectivity index (χ1v) is 6.35. The number of carbonyl (C=O) groups excluding carboxylic acids is 1. The van der Waals surface area contributed by atoms with Crippen LogP contribution >= 0.6 is 0 Å². The van der Waals surface area contributed by atoms with Crippen molar-refractivity contribution >= 4 is 5.97 Å². The van der Waals surface area contributed by atoms with E-state index in [9.17, 15) is 9.90 Å². The molecular weight excluding hydrogens is 228 g/mol. The van der Waals surface area contributed by atoms with E-state index in [2.05, 4.69) is 0 Å². The zero-order chi connectivity index (χ0) is 13.4. The standard InChI is InChI=1S/C15H20O3/c1-8-9(2)14(16)10(3)12-6-5-11(7-13(8)12)15(17)18-4/h11,16H,5-7H2,1-4H3. The van der Waals surface area contributed by atoms with Crippen molar-refractivity contribution in [3.05, 3.63) is 27.8 Å². The van der Waals surface area contributed by atoms with E-state index in [0.717, 1.165) is 36.0 Å². The molecule has 3 heteroatoms. The van der Waals surface area contributed by atoms with E-state index in [1.165, 1.54) is 18.2 Å². The largest absolute Gasteiger partial charge is 0.507 e. The van der Waals surface area contributed by atoms with Gasteiger partial charge in [-0.15, -0.1) is 0 Å². The van der Waals surface area contributed by atoms with Gasteiger partial charge in [0.1, 0.15) is 5.75 Å². The third-order valence-electron chi connectivity index (χ3n) is 4.27. The zero-order valence-corrected chi connectivity index (χ0v) is 11.5. The summed E-state index contributed by atoms with van der Waals surface area (Å²) in [5.41, 5.74) is 5.45. The molecule has 1 aliphatic carbocycles. The fraction of sp³-hybridized carbons (Fsp3) is 0.533. The van der Waals surface area contributed by atoms with Crippen LogP contribution in [0.25, 0.3) is 0 Å². The number of phenolic OH excluding ortho intramolecular Hbond substituents is 1. The van der Waals surface area contributed by atoms with Crippen molar-refractivity contribution in [3.63, 3.8) is 0 Å². The highest BCUT2D eigenvalue weighted by molar-refractivity contribution is 5.73. The van der Waals surface area contributed by atoms with Crippen LogP contribution in [0.5, 0.6) is 5.75 Å². The maximum Gasteiger partial charge on any atom is 0.309 e. The van der Waals surface area contributed by atoms with Gasteiger partial charge < -0.3 is 9.84 Å². The Hall–Kier alpha value is -1.51. The number of phenols is 1. The molecule has 0 saturated heterocycles. The summed E-state index contributed by atoms with van der Waals surface area (Å²) < 4.78 is 4.84. The number of hydrogen-bond donors (Lipinski definition) is 1. The lowest BCUT2D eigenvalue weighted by Crippen LogP contribution is -2.25. The molecular formula is C15H20O3. The summed E-state index contributed by atoms with van der Waals surface area (Å²) in [6.07, 6.45) is 2.38. The molecule has 1 atom stereocenters. The van der Waals surface area contributed by atoms with Gasteiger partial charge in [-0.25, -0.2) is 0 Å². The predicted octanol–water partition coefficient (Wildman–Crippen LogP) is 2.60. The molecule has 1 aliphatic rings. The molecule has 1 aromatic carbocycles. The minimum Gasteiger partial charge on any atom is -0.507 e. The van der Waals surface area contributed by atoms with Crippen LogP contribution in [0.3, 0.4) is 0 Å². The average Bonchev–Trinajstić information content (AvgIpc) is 2.41. The van der Waals surface area contributed by atoms with Crippen LogP contribution in [0, 0.1) is 26.7 Å². The van der Waals surface area contributed by atoms with Gasteiger partial charge in [0.05, 0.1) is 13.0 Å². The maximum absolute atomic E-state index is 11.7. The number of rotatable bonds is 1. The van der Waals surface area contributed by atoms with Crippen molar-refractivity contribution in [1.82, 2.24) is 0 Å². The molecule has 1 N–H and O–H groups in total. The molecule has 0 spiro atoms. The van der Waals surface area contributed by atoms with Crippen LogP contribution in [-0.4, -0.2) is 18.2 Å². The number of ether oxygens (including phenoxy) is 1. The summed E-state index contributed by atoms with van der Waals surface area (Å²) in [7, 11) is 1.44. The number of methoxy groups -OCH3 is 1. The fourth-order valence-electron chi connectivity index (χ4n) is 2.93. The van der Waals surface area contributed by atoms with Crippen molar-refractivity contribution in [2.24, 2.45) is 5.92 Å². The number of hydrogen-bond acceptors (Lipinski definition) is 3. The third kappa shape index (κ3) is 1.88. The molecule has 3 nitrogen and oxygen atoms in total. The third-order valence-corrected chi connectivity index (χ3v) is 4.27. The Morgan fingerprint density at radius 2 is 1.83 bits per heavy atom. The monoisotopic (exact) mass is 248 g/mol. The smallest absolute Gasteiger partial charge is 0.309 e. The topological polar surface area (TPSA) is 46.5 Å². The lowest BCUT2D eigenvalue weighted by Gasteiger charge is -2.27. The maximum atomic E-state index is 11.7. The molecule has 0 saturated carbocycles. The molecule has 0 aromatic heterocycles. The summed E-state index contributed by atoms with van der Waals surface area (Å²) in [6.45, 7) is 5.91. The zero-order valence-electron chi connectivity index (χ0n) is 11.5. The highest BCUT2D eigenvalue weighted by Gasteiger charge is 2.29. The van der Waals surface area contributed by atoms with E-state index in [4.69, 9.17) is 4.74 Å². The Balaban J connectivity index is 2.47. The van der Waals surface area contributed by atoms with E-state index < -0.39 is 0 Å². The van der Waals surface area contributed by atoms with E-state index in [1.54, 1.807) is 0 Å². The normalized spacial score (nSPS) is 18.3. The van der Waals surface area contributed by atoms with Crippen molar-refractivity contribution in [3.8, 4) is 5.75 Å². The van der Waals surface area contributed by atoms with Crippen LogP contribution in [-0.2, 0) is 22.4 Å². The first kappa shape index (κ1) is 12.9. The van der Waals surface area contributed by atoms with Crippen molar-refractivity contribution in [2.75, 3.05) is 7.11 Å². The van der Waals surface area contributed by atoms with Crippen molar-refractivity contribution in [2.45, 2.75) is 40.0 Å². The van der Waals surface area contributed by atoms with Gasteiger partial charge in [-0.05, 0) is 67.9 Å². The first-order valence-electron chi connectivity index (χ1n) is 6.35. The van der Waals surface area contributed by atoms with Gasteiger partial charge in [0.25, 0.3) is 0 Å². The number of carbonyl (C=O) groups is 1. The summed E-state index contributed by atoms with van der Waals surface area (Å²) in [6, 6.07) is 0. The second-order valence-corrected chi connectivity index (χ2v) is 5.14. The second kappa shape index (κ2) is 4.63. The Bertz CT molecular complexity index is 503. The van der Waals surface area contributed by atoms with Gasteiger partial charge in [-0.2, -0.15) is 0 Å². The summed E-state index contributed by atoms with van der Waals surface area (Å²) in [5, 5.41) is 10.1. The molecule has 0 amide bonds. The van der Waals surface area contributed by atoms with E-state index in [-0.39, 0.29) is 11.9 Å². The lowest BCUT2D eigenvalue weighted by atomic mass is 9.78. The molecule has 1 unspecified atom stereocenters. The fourth-order valence-corrected chi connectivity index (χ4v) is 2.93. The quantitative estimate of drug-likeness (QED) is 0.777. The van der Waals surface area contributed by atoms with Crippen molar-refractivity contribution in [1.29, 1.82) is 0 Å². The van der Waals surface area contributed by atoms with E-state index in [0.29, 0.717) is 5.75 Å². The molecule has 0 radical (unpaired) electrons. The lowest BCUT2D eigenvalue weighted by molar-refractivity contribution is -0.145. The number of esters is 1. The van der Waals surface area contributed by atoms with Gasteiger partial charge in [-0.3, -0.25) is 4.79 Å². The molecule has 1 aromatic rings. The molecule has 0 fully saturated rings. The summed E-state index contributed by atoms with van der Waals surface area (Å²) in [5.74, 6) is 0.246. The van der Waals surface area contributed by atoms with Crippen LogP contribution in [0.4, 0.5) is 0 Å². The number of aromatic hydroxyl groups is 1. The molecule has 0 bridgehead atoms. The van der Waals surface area contributed by atoms with Gasteiger partial charge in [-0.1, -0.05) is 0 Å². The van der Waals surface area contributed by atoms with E-state index in [1.807, 2.05) is 20.8 Å². The first-order chi connectivity index (χ1) is 8.47. The molecule has 18 heavy (non-hydrogen) atoms. The SMILES string of the molecule is COC(=O)C1CCc2c(C)c(O)c(C)c(C)c2C1. The Kier molecular flexibility index (Phi) is 3.33. The van der Waals surface area contributed by atoms with Crippen LogP contribution in [0.1, 0.15) is 34.2 Å². The predicted molar refractivity (Wildman–Crippen MR) is 69.8 cm³/mol. The van der Waals surface area contributed by atoms with Gasteiger partial charge in [0.2, 0.25) is 0 Å². The Labute approximate surface area is 108 Å². The molecule has 0 heterocycles. The van der Waals surface area contributed by atoms with Crippen LogP contribution in [0.2, 0.25) is 0 Å². The summed E-state index contributed by atoms with van der Waals surface area (Å²) >= 11 is 0. The Morgan fingerprint density at radius 3 is 2.44 bits per heavy atom. The summed E-state index contributed by atoms with van der Waals surface area (Å²) in [4.78, 5) is 11.7. The molecule has 0 aliphatic heterocycles. The minimum absolute atomic E-state index is 0.0375. The van der Waals surface area contributed by atoms with Crippen molar-refractivity contribution < 1.29 is 14.6 Å². The average molecular weight is 248 g/mol. The van der Waals surface area contributed by atoms with Crippen LogP contribution < -0.4 is 0 Å². The highest BCUT2D eigenvalue weighted by atomic mass is 16.5. The Morgan fingerprint density at radius 1 is 1.17 bits per heavy atom. The van der Waals surface area contributed by atoms with E-state index >= 15 is 0 Å². The number of fused-ring (bicyclic) bond motifs is 1. The molecule has 98 valence electrons. The highest BCUT2D eigenvalue weighted by Crippen LogP contribution is 2.37.